The maximum Gasteiger partial charge on any atom is 0.0428 e. The molecule has 0 atom stereocenters. The molecule has 0 saturated carbocycles. The van der Waals surface area contributed by atoms with E-state index in [1.807, 2.05) is 0 Å². The molecule has 0 heterocycles. The van der Waals surface area contributed by atoms with Gasteiger partial charge >= 0.3 is 0 Å². The number of rotatable bonds is 10. The highest BCUT2D eigenvalue weighted by atomic mass is 31.2. The van der Waals surface area contributed by atoms with Gasteiger partial charge in [0.25, 0.3) is 0 Å². The lowest BCUT2D eigenvalue weighted by Crippen LogP contribution is -2.04. The Morgan fingerprint density at radius 3 is 1.35 bits per heavy atom. The van der Waals surface area contributed by atoms with Crippen LogP contribution in [-0.4, -0.2) is 24.5 Å². The highest BCUT2D eigenvalue weighted by molar-refractivity contribution is 7.66. The first-order valence-corrected chi connectivity index (χ1v) is 9.98. The second-order valence-electron chi connectivity index (χ2n) is 5.54. The first-order chi connectivity index (χ1) is 8.10. The smallest absolute Gasteiger partial charge is 0.0428 e. The molecule has 0 aliphatic carbocycles. The molecule has 0 spiro atoms. The predicted molar refractivity (Wildman–Crippen MR) is 83.8 cm³/mol. The molecule has 0 fully saturated rings. The van der Waals surface area contributed by atoms with Crippen molar-refractivity contribution < 1.29 is 0 Å². The highest BCUT2D eigenvalue weighted by Crippen LogP contribution is 2.52. The molecule has 0 unspecified atom stereocenters. The zero-order valence-corrected chi connectivity index (χ0v) is 13.7. The molecule has 104 valence electrons. The van der Waals surface area contributed by atoms with E-state index in [0.29, 0.717) is 6.04 Å². The van der Waals surface area contributed by atoms with Crippen LogP contribution in [0.15, 0.2) is 4.74 Å². The van der Waals surface area contributed by atoms with Crippen molar-refractivity contribution in [1.29, 1.82) is 0 Å². The highest BCUT2D eigenvalue weighted by Gasteiger charge is 2.18. The number of unbranched alkanes of at least 4 members (excludes halogenated alkanes) is 3. The monoisotopic (exact) mass is 259 g/mol. The van der Waals surface area contributed by atoms with Crippen LogP contribution in [0.4, 0.5) is 0 Å². The van der Waals surface area contributed by atoms with Crippen molar-refractivity contribution in [3.63, 3.8) is 0 Å². The first kappa shape index (κ1) is 17.2. The molecule has 0 aromatic rings. The van der Waals surface area contributed by atoms with E-state index in [1.54, 1.807) is 0 Å². The van der Waals surface area contributed by atoms with Gasteiger partial charge in [-0.2, -0.15) is 0 Å². The lowest BCUT2D eigenvalue weighted by atomic mass is 10.4. The maximum atomic E-state index is 5.23. The molecular weight excluding hydrogens is 225 g/mol. The molecule has 0 saturated heterocycles. The number of hydrogen-bond donors (Lipinski definition) is 0. The Labute approximate surface area is 110 Å². The van der Waals surface area contributed by atoms with Crippen LogP contribution < -0.4 is 0 Å². The van der Waals surface area contributed by atoms with Gasteiger partial charge < -0.3 is 4.74 Å². The second kappa shape index (κ2) is 10.2. The Bertz CT molecular complexity index is 192. The van der Waals surface area contributed by atoms with Gasteiger partial charge in [0.15, 0.2) is 0 Å². The molecule has 0 aromatic heterocycles. The lowest BCUT2D eigenvalue weighted by Gasteiger charge is -2.26. The number of hydrogen-bond acceptors (Lipinski definition) is 1. The normalized spacial score (nSPS) is 12.1. The Kier molecular flexibility index (Phi) is 10.3. The molecule has 0 radical (unpaired) electrons. The van der Waals surface area contributed by atoms with Crippen molar-refractivity contribution in [3.05, 3.63) is 0 Å². The Morgan fingerprint density at radius 1 is 0.765 bits per heavy atom. The summed E-state index contributed by atoms with van der Waals surface area (Å²) >= 11 is 0. The second-order valence-corrected chi connectivity index (χ2v) is 9.30. The van der Waals surface area contributed by atoms with Crippen LogP contribution in [0.3, 0.4) is 0 Å². The molecular formula is C15H34NP. The summed E-state index contributed by atoms with van der Waals surface area (Å²) in [7, 11) is -0.977. The first-order valence-electron chi connectivity index (χ1n) is 7.68. The summed E-state index contributed by atoms with van der Waals surface area (Å²) < 4.78 is 5.23. The average molecular weight is 259 g/mol. The van der Waals surface area contributed by atoms with Crippen LogP contribution in [-0.2, 0) is 0 Å². The predicted octanol–water partition coefficient (Wildman–Crippen LogP) is 6.00. The van der Waals surface area contributed by atoms with E-state index in [4.69, 9.17) is 4.74 Å². The summed E-state index contributed by atoms with van der Waals surface area (Å²) in [6.45, 7) is 11.5. The van der Waals surface area contributed by atoms with Crippen molar-refractivity contribution in [3.8, 4) is 0 Å². The van der Waals surface area contributed by atoms with Crippen molar-refractivity contribution in [2.24, 2.45) is 4.74 Å². The van der Waals surface area contributed by atoms with Crippen molar-refractivity contribution in [2.45, 2.75) is 79.2 Å². The van der Waals surface area contributed by atoms with Crippen molar-refractivity contribution >= 4 is 7.05 Å². The van der Waals surface area contributed by atoms with E-state index in [9.17, 15) is 0 Å². The van der Waals surface area contributed by atoms with Crippen LogP contribution >= 0.6 is 7.05 Å². The van der Waals surface area contributed by atoms with Gasteiger partial charge in [-0.05, 0) is 58.7 Å². The average Bonchev–Trinajstić information content (AvgIpc) is 2.30. The molecule has 0 aliphatic rings. The molecule has 0 aromatic carbocycles. The summed E-state index contributed by atoms with van der Waals surface area (Å²) in [6.07, 6.45) is 12.4. The summed E-state index contributed by atoms with van der Waals surface area (Å²) in [5.41, 5.74) is 0. The van der Waals surface area contributed by atoms with Gasteiger partial charge in [0.05, 0.1) is 0 Å². The van der Waals surface area contributed by atoms with E-state index in [-0.39, 0.29) is 0 Å². The van der Waals surface area contributed by atoms with Crippen molar-refractivity contribution in [1.82, 2.24) is 0 Å². The fraction of sp³-hybridized carbons (Fsp3) is 1.00. The van der Waals surface area contributed by atoms with E-state index in [0.717, 1.165) is 0 Å². The van der Waals surface area contributed by atoms with Gasteiger partial charge in [0.2, 0.25) is 0 Å². The van der Waals surface area contributed by atoms with Crippen LogP contribution in [0, 0.1) is 0 Å². The Morgan fingerprint density at radius 2 is 1.12 bits per heavy atom. The zero-order valence-electron chi connectivity index (χ0n) is 12.8. The molecule has 17 heavy (non-hydrogen) atoms. The number of nitrogens with zero attached hydrogens (tertiary/aromatic N) is 1. The van der Waals surface area contributed by atoms with Gasteiger partial charge in [-0.15, -0.1) is 0 Å². The molecule has 2 heteroatoms. The van der Waals surface area contributed by atoms with E-state index in [1.165, 1.54) is 57.0 Å². The van der Waals surface area contributed by atoms with Gasteiger partial charge in [0, 0.05) is 6.04 Å². The molecule has 0 rings (SSSR count). The zero-order chi connectivity index (χ0) is 13.1. The van der Waals surface area contributed by atoms with Gasteiger partial charge in [-0.1, -0.05) is 40.0 Å². The van der Waals surface area contributed by atoms with Gasteiger partial charge in [0.1, 0.15) is 0 Å². The standard InChI is InChI=1S/C15H34NP/c1-6-9-12-17(13-10-7-2,14-11-8-3)16-15(4)5/h15H,6-14H2,1-5H3. The van der Waals surface area contributed by atoms with E-state index < -0.39 is 7.05 Å². The largest absolute Gasteiger partial charge is 0.301 e. The van der Waals surface area contributed by atoms with Gasteiger partial charge in [-0.3, -0.25) is 0 Å². The minimum absolute atomic E-state index is 0.536. The van der Waals surface area contributed by atoms with Gasteiger partial charge in [-0.25, -0.2) is 0 Å². The fourth-order valence-corrected chi connectivity index (χ4v) is 7.07. The van der Waals surface area contributed by atoms with Crippen LogP contribution in [0.2, 0.25) is 0 Å². The fourth-order valence-electron chi connectivity index (χ4n) is 2.36. The molecule has 0 aliphatic heterocycles. The minimum Gasteiger partial charge on any atom is -0.301 e. The Hall–Kier alpha value is 0.230. The summed E-state index contributed by atoms with van der Waals surface area (Å²) in [5.74, 6) is 0. The molecule has 0 bridgehead atoms. The third-order valence-corrected chi connectivity index (χ3v) is 7.66. The van der Waals surface area contributed by atoms with Crippen LogP contribution in [0.5, 0.6) is 0 Å². The van der Waals surface area contributed by atoms with Crippen molar-refractivity contribution in [2.75, 3.05) is 18.5 Å². The molecule has 0 amide bonds. The SMILES string of the molecule is CCCCP(CCCC)(CCCC)=NC(C)C. The molecule has 0 N–H and O–H groups in total. The van der Waals surface area contributed by atoms with Crippen LogP contribution in [0.25, 0.3) is 0 Å². The maximum absolute atomic E-state index is 5.23. The summed E-state index contributed by atoms with van der Waals surface area (Å²) in [5, 5.41) is 0. The summed E-state index contributed by atoms with van der Waals surface area (Å²) in [4.78, 5) is 0. The lowest BCUT2D eigenvalue weighted by molar-refractivity contribution is 0.807. The minimum atomic E-state index is -0.977. The topological polar surface area (TPSA) is 12.4 Å². The third kappa shape index (κ3) is 8.03. The van der Waals surface area contributed by atoms with Crippen LogP contribution in [0.1, 0.15) is 73.1 Å². The quantitative estimate of drug-likeness (QED) is 0.427. The Balaban J connectivity index is 4.77. The summed E-state index contributed by atoms with van der Waals surface area (Å²) in [6, 6.07) is 0.536. The third-order valence-electron chi connectivity index (χ3n) is 3.26. The van der Waals surface area contributed by atoms with E-state index in [2.05, 4.69) is 34.6 Å². The molecule has 1 nitrogen and oxygen atoms in total. The van der Waals surface area contributed by atoms with E-state index >= 15 is 0 Å².